The highest BCUT2D eigenvalue weighted by Gasteiger charge is 2.84. The number of hydrogen-bond acceptors (Lipinski definition) is 3. The summed E-state index contributed by atoms with van der Waals surface area (Å²) in [6.45, 7) is 8.81. The minimum absolute atomic E-state index is 0.00424. The molecule has 3 saturated carbocycles. The third kappa shape index (κ3) is 1.26. The Balaban J connectivity index is 1.64. The summed E-state index contributed by atoms with van der Waals surface area (Å²) in [4.78, 5) is 2.98. The van der Waals surface area contributed by atoms with Gasteiger partial charge in [0.2, 0.25) is 0 Å². The molecule has 134 valence electrons. The second-order valence-electron chi connectivity index (χ2n) is 10.6. The number of ether oxygens (including phenoxy) is 1. The fourth-order valence-electron chi connectivity index (χ4n) is 9.54. The van der Waals surface area contributed by atoms with Crippen LogP contribution in [0, 0.1) is 34.5 Å². The van der Waals surface area contributed by atoms with Crippen molar-refractivity contribution < 1.29 is 9.84 Å². The molecule has 4 unspecified atom stereocenters. The second-order valence-corrected chi connectivity index (χ2v) is 10.6. The van der Waals surface area contributed by atoms with Crippen LogP contribution in [-0.2, 0) is 4.74 Å². The van der Waals surface area contributed by atoms with Crippen molar-refractivity contribution in [2.24, 2.45) is 34.5 Å². The molecular formula is C21H33NO2. The van der Waals surface area contributed by atoms with E-state index < -0.39 is 6.29 Å². The molecule has 4 saturated heterocycles. The Morgan fingerprint density at radius 1 is 1.21 bits per heavy atom. The van der Waals surface area contributed by atoms with E-state index >= 15 is 0 Å². The zero-order valence-electron chi connectivity index (χ0n) is 15.5. The number of nitrogens with zero attached hydrogens (tertiary/aromatic N) is 1. The normalized spacial score (nSPS) is 66.1. The van der Waals surface area contributed by atoms with Gasteiger partial charge in [0.1, 0.15) is 0 Å². The number of piperidine rings is 3. The van der Waals surface area contributed by atoms with Crippen LogP contribution >= 0.6 is 0 Å². The Morgan fingerprint density at radius 2 is 2.04 bits per heavy atom. The zero-order valence-corrected chi connectivity index (χ0v) is 15.5. The maximum atomic E-state index is 10.8. The van der Waals surface area contributed by atoms with Crippen molar-refractivity contribution in [1.82, 2.24) is 4.90 Å². The Hall–Kier alpha value is -0.120. The summed E-state index contributed by atoms with van der Waals surface area (Å²) in [5.74, 6) is 3.05. The van der Waals surface area contributed by atoms with E-state index in [1.807, 2.05) is 0 Å². The first kappa shape index (κ1) is 15.0. The van der Waals surface area contributed by atoms with E-state index in [2.05, 4.69) is 25.7 Å². The lowest BCUT2D eigenvalue weighted by atomic mass is 9.31. The maximum Gasteiger partial charge on any atom is 0.156 e. The molecule has 7 aliphatic rings. The van der Waals surface area contributed by atoms with Crippen molar-refractivity contribution in [3.05, 3.63) is 0 Å². The van der Waals surface area contributed by atoms with Crippen molar-refractivity contribution in [3.8, 4) is 0 Å². The van der Waals surface area contributed by atoms with Crippen LogP contribution in [0.2, 0.25) is 0 Å². The van der Waals surface area contributed by atoms with Crippen LogP contribution in [0.5, 0.6) is 0 Å². The maximum absolute atomic E-state index is 10.8. The van der Waals surface area contributed by atoms with Crippen LogP contribution in [0.15, 0.2) is 0 Å². The van der Waals surface area contributed by atoms with Crippen molar-refractivity contribution in [3.63, 3.8) is 0 Å². The van der Waals surface area contributed by atoms with E-state index in [1.165, 1.54) is 45.1 Å². The highest BCUT2D eigenvalue weighted by Crippen LogP contribution is 2.80. The summed E-state index contributed by atoms with van der Waals surface area (Å²) in [5.41, 5.74) is 0.598. The summed E-state index contributed by atoms with van der Waals surface area (Å²) in [7, 11) is 0. The molecule has 0 amide bonds. The lowest BCUT2D eigenvalue weighted by Crippen LogP contribution is -2.86. The molecule has 8 bridgehead atoms. The number of aliphatic hydroxyl groups is 1. The fraction of sp³-hybridized carbons (Fsp3) is 1.00. The SMILES string of the molecule is CC(C)[C@H]1CC[C@@]2(C)[C@H]3C[C@H]4C5CCCC46O[C@@H](O)C[C@@]62C1N5C3. The molecule has 0 aromatic carbocycles. The van der Waals surface area contributed by atoms with E-state index in [9.17, 15) is 5.11 Å². The van der Waals surface area contributed by atoms with E-state index in [4.69, 9.17) is 4.74 Å². The summed E-state index contributed by atoms with van der Waals surface area (Å²) in [6, 6.07) is 1.40. The zero-order chi connectivity index (χ0) is 16.5. The van der Waals surface area contributed by atoms with Gasteiger partial charge in [0.25, 0.3) is 0 Å². The van der Waals surface area contributed by atoms with Crippen LogP contribution in [0.3, 0.4) is 0 Å². The van der Waals surface area contributed by atoms with Gasteiger partial charge in [-0.15, -0.1) is 0 Å². The quantitative estimate of drug-likeness (QED) is 0.799. The molecule has 3 nitrogen and oxygen atoms in total. The number of rotatable bonds is 1. The Morgan fingerprint density at radius 3 is 2.83 bits per heavy atom. The van der Waals surface area contributed by atoms with E-state index in [0.29, 0.717) is 17.4 Å². The van der Waals surface area contributed by atoms with Crippen molar-refractivity contribution >= 4 is 0 Å². The summed E-state index contributed by atoms with van der Waals surface area (Å²) >= 11 is 0. The first-order chi connectivity index (χ1) is 11.4. The highest BCUT2D eigenvalue weighted by atomic mass is 16.6. The largest absolute Gasteiger partial charge is 0.368 e. The molecule has 4 heterocycles. The van der Waals surface area contributed by atoms with Gasteiger partial charge in [-0.25, -0.2) is 0 Å². The van der Waals surface area contributed by atoms with Gasteiger partial charge in [-0.3, -0.25) is 4.90 Å². The predicted octanol–water partition coefficient (Wildman–Crippen LogP) is 3.41. The second kappa shape index (κ2) is 4.23. The van der Waals surface area contributed by atoms with Crippen LogP contribution in [0.25, 0.3) is 0 Å². The van der Waals surface area contributed by atoms with Crippen LogP contribution in [0.4, 0.5) is 0 Å². The van der Waals surface area contributed by atoms with Crippen molar-refractivity contribution in [2.75, 3.05) is 6.54 Å². The molecule has 2 spiro atoms. The van der Waals surface area contributed by atoms with E-state index in [1.54, 1.807) is 0 Å². The smallest absolute Gasteiger partial charge is 0.156 e. The van der Waals surface area contributed by atoms with E-state index in [0.717, 1.165) is 30.2 Å². The third-order valence-corrected chi connectivity index (χ3v) is 10.1. The molecule has 0 radical (unpaired) electrons. The molecule has 24 heavy (non-hydrogen) atoms. The lowest BCUT2D eigenvalue weighted by Gasteiger charge is -2.81. The summed E-state index contributed by atoms with van der Waals surface area (Å²) in [5, 5.41) is 10.8. The van der Waals surface area contributed by atoms with Crippen molar-refractivity contribution in [2.45, 2.75) is 89.7 Å². The fourth-order valence-corrected chi connectivity index (χ4v) is 9.54. The Kier molecular flexibility index (Phi) is 2.64. The van der Waals surface area contributed by atoms with E-state index in [-0.39, 0.29) is 11.0 Å². The first-order valence-corrected chi connectivity index (χ1v) is 10.6. The third-order valence-electron chi connectivity index (χ3n) is 10.1. The van der Waals surface area contributed by atoms with Gasteiger partial charge in [-0.05, 0) is 61.7 Å². The molecule has 4 aliphatic heterocycles. The predicted molar refractivity (Wildman–Crippen MR) is 92.3 cm³/mol. The van der Waals surface area contributed by atoms with Gasteiger partial charge in [0.05, 0.1) is 5.60 Å². The highest BCUT2D eigenvalue weighted by molar-refractivity contribution is 5.33. The molecule has 1 N–H and O–H groups in total. The monoisotopic (exact) mass is 331 g/mol. The topological polar surface area (TPSA) is 32.7 Å². The van der Waals surface area contributed by atoms with Crippen LogP contribution in [0.1, 0.15) is 65.7 Å². The van der Waals surface area contributed by atoms with Gasteiger partial charge >= 0.3 is 0 Å². The summed E-state index contributed by atoms with van der Waals surface area (Å²) in [6.07, 6.45) is 8.38. The summed E-state index contributed by atoms with van der Waals surface area (Å²) < 4.78 is 6.61. The molecule has 3 aliphatic carbocycles. The van der Waals surface area contributed by atoms with Crippen LogP contribution < -0.4 is 0 Å². The van der Waals surface area contributed by atoms with Gasteiger partial charge in [-0.2, -0.15) is 0 Å². The standard InChI is InChI=1S/C21H33NO2/c1-12(2)14-6-8-19(3)13-9-15-16-5-4-7-21(15)20(19,10-17(23)24-21)18(14)22(16)11-13/h12-18,23H,4-11H2,1-3H3/t13-,14+,15-,16?,17+,18?,19-,20-,21?/m0/s1. The van der Waals surface area contributed by atoms with Gasteiger partial charge in [-0.1, -0.05) is 20.8 Å². The molecule has 10 atom stereocenters. The van der Waals surface area contributed by atoms with Crippen molar-refractivity contribution in [1.29, 1.82) is 0 Å². The number of aliphatic hydroxyl groups excluding tert-OH is 1. The minimum atomic E-state index is -0.518. The van der Waals surface area contributed by atoms with Gasteiger partial charge in [0, 0.05) is 36.4 Å². The first-order valence-electron chi connectivity index (χ1n) is 10.6. The Labute approximate surface area is 146 Å². The molecular weight excluding hydrogens is 298 g/mol. The molecule has 0 aromatic heterocycles. The average molecular weight is 332 g/mol. The molecule has 3 heteroatoms. The van der Waals surface area contributed by atoms with Crippen LogP contribution in [-0.4, -0.2) is 40.5 Å². The lowest BCUT2D eigenvalue weighted by molar-refractivity contribution is -0.359. The minimum Gasteiger partial charge on any atom is -0.368 e. The van der Waals surface area contributed by atoms with Gasteiger partial charge in [0.15, 0.2) is 6.29 Å². The molecule has 7 rings (SSSR count). The molecule has 7 fully saturated rings. The molecule has 0 aromatic rings. The number of hydrogen-bond donors (Lipinski definition) is 1. The Bertz CT molecular complexity index is 592. The van der Waals surface area contributed by atoms with Gasteiger partial charge < -0.3 is 9.84 Å². The average Bonchev–Trinajstić information content (AvgIpc) is 2.81.